The van der Waals surface area contributed by atoms with Gasteiger partial charge in [0, 0.05) is 29.1 Å². The van der Waals surface area contributed by atoms with E-state index in [-0.39, 0.29) is 29.7 Å². The summed E-state index contributed by atoms with van der Waals surface area (Å²) in [6.45, 7) is 3.56. The average Bonchev–Trinajstić information content (AvgIpc) is 2.90. The van der Waals surface area contributed by atoms with Crippen molar-refractivity contribution < 1.29 is 9.18 Å². The number of carbonyl (C=O) groups is 1. The van der Waals surface area contributed by atoms with Crippen molar-refractivity contribution in [2.24, 2.45) is 0 Å². The molecule has 0 fully saturated rings. The predicted molar refractivity (Wildman–Crippen MR) is 87.4 cm³/mol. The van der Waals surface area contributed by atoms with E-state index in [0.717, 1.165) is 5.69 Å². The van der Waals surface area contributed by atoms with Gasteiger partial charge in [-0.05, 0) is 38.1 Å². The molecule has 120 valence electrons. The highest BCUT2D eigenvalue weighted by Gasteiger charge is 2.28. The molecule has 1 aliphatic heterocycles. The molecule has 0 saturated heterocycles. The number of amides is 1. The van der Waals surface area contributed by atoms with Crippen molar-refractivity contribution in [1.29, 1.82) is 0 Å². The number of nitrogens with zero attached hydrogens (tertiary/aromatic N) is 2. The number of thioether (sulfide) groups is 1. The minimum atomic E-state index is -0.354. The Hall–Kier alpha value is -2.15. The third kappa shape index (κ3) is 3.14. The topological polar surface area (TPSA) is 64.0 Å². The monoisotopic (exact) mass is 333 g/mol. The first-order chi connectivity index (χ1) is 11.0. The van der Waals surface area contributed by atoms with Gasteiger partial charge in [0.1, 0.15) is 5.82 Å². The van der Waals surface area contributed by atoms with Gasteiger partial charge in [-0.3, -0.25) is 14.2 Å². The second kappa shape index (κ2) is 6.16. The molecule has 2 aromatic rings. The van der Waals surface area contributed by atoms with Crippen molar-refractivity contribution in [3.8, 4) is 0 Å². The number of carbonyl (C=O) groups excluding carboxylic acids is 1. The van der Waals surface area contributed by atoms with E-state index in [1.807, 2.05) is 6.92 Å². The predicted octanol–water partition coefficient (Wildman–Crippen LogP) is 2.67. The number of hydrogen-bond acceptors (Lipinski definition) is 4. The van der Waals surface area contributed by atoms with Crippen LogP contribution in [0.3, 0.4) is 0 Å². The van der Waals surface area contributed by atoms with Crippen LogP contribution in [0.4, 0.5) is 10.1 Å². The van der Waals surface area contributed by atoms with Gasteiger partial charge in [-0.1, -0.05) is 11.8 Å². The van der Waals surface area contributed by atoms with Crippen LogP contribution in [0.1, 0.15) is 23.7 Å². The zero-order valence-corrected chi connectivity index (χ0v) is 13.6. The Labute approximate surface area is 136 Å². The van der Waals surface area contributed by atoms with Crippen LogP contribution in [0.2, 0.25) is 0 Å². The molecule has 1 aliphatic rings. The zero-order valence-electron chi connectivity index (χ0n) is 12.8. The van der Waals surface area contributed by atoms with Gasteiger partial charge >= 0.3 is 0 Å². The largest absolute Gasteiger partial charge is 0.326 e. The Morgan fingerprint density at radius 2 is 2.09 bits per heavy atom. The Balaban J connectivity index is 1.76. The smallest absolute Gasteiger partial charge is 0.257 e. The first-order valence-corrected chi connectivity index (χ1v) is 8.22. The molecule has 0 radical (unpaired) electrons. The summed E-state index contributed by atoms with van der Waals surface area (Å²) in [5.74, 6) is 0.0786. The van der Waals surface area contributed by atoms with Crippen molar-refractivity contribution in [1.82, 2.24) is 9.55 Å². The van der Waals surface area contributed by atoms with Gasteiger partial charge in [-0.25, -0.2) is 9.37 Å². The molecular weight excluding hydrogens is 317 g/mol. The Morgan fingerprint density at radius 1 is 1.39 bits per heavy atom. The summed E-state index contributed by atoms with van der Waals surface area (Å²) < 4.78 is 14.5. The number of benzene rings is 1. The summed E-state index contributed by atoms with van der Waals surface area (Å²) in [6.07, 6.45) is 0.182. The molecule has 5 nitrogen and oxygen atoms in total. The Kier molecular flexibility index (Phi) is 4.21. The molecule has 2 heterocycles. The fourth-order valence-electron chi connectivity index (χ4n) is 2.48. The van der Waals surface area contributed by atoms with Gasteiger partial charge in [0.05, 0.1) is 6.04 Å². The van der Waals surface area contributed by atoms with E-state index in [9.17, 15) is 14.0 Å². The highest BCUT2D eigenvalue weighted by molar-refractivity contribution is 7.99. The van der Waals surface area contributed by atoms with Crippen LogP contribution < -0.4 is 10.9 Å². The number of aryl methyl sites for hydroxylation is 1. The summed E-state index contributed by atoms with van der Waals surface area (Å²) >= 11 is 1.49. The lowest BCUT2D eigenvalue weighted by Gasteiger charge is -2.14. The molecule has 1 amide bonds. The number of halogens is 1. The number of nitrogens with one attached hydrogen (secondary N) is 1. The molecule has 3 rings (SSSR count). The van der Waals surface area contributed by atoms with Crippen LogP contribution in [-0.2, 0) is 4.79 Å². The van der Waals surface area contributed by atoms with Gasteiger partial charge in [-0.2, -0.15) is 0 Å². The van der Waals surface area contributed by atoms with Crippen molar-refractivity contribution in [3.05, 3.63) is 51.7 Å². The first-order valence-electron chi connectivity index (χ1n) is 7.23. The number of rotatable bonds is 3. The van der Waals surface area contributed by atoms with Crippen LogP contribution >= 0.6 is 11.8 Å². The fourth-order valence-corrected chi connectivity index (χ4v) is 3.66. The lowest BCUT2D eigenvalue weighted by atomic mass is 10.2. The molecule has 0 bridgehead atoms. The molecular formula is C16H16FN3O2S. The van der Waals surface area contributed by atoms with Gasteiger partial charge in [-0.15, -0.1) is 0 Å². The summed E-state index contributed by atoms with van der Waals surface area (Å²) in [6, 6.07) is 5.38. The zero-order chi connectivity index (χ0) is 16.6. The van der Waals surface area contributed by atoms with E-state index >= 15 is 0 Å². The number of anilines is 1. The molecule has 0 saturated carbocycles. The summed E-state index contributed by atoms with van der Waals surface area (Å²) in [4.78, 5) is 29.0. The molecule has 1 atom stereocenters. The second-order valence-corrected chi connectivity index (χ2v) is 6.49. The van der Waals surface area contributed by atoms with Gasteiger partial charge in [0.2, 0.25) is 5.91 Å². The average molecular weight is 333 g/mol. The summed E-state index contributed by atoms with van der Waals surface area (Å²) in [5.41, 5.74) is 1.79. The number of aromatic nitrogens is 2. The molecule has 0 spiro atoms. The molecule has 1 aromatic heterocycles. The first kappa shape index (κ1) is 15.7. The van der Waals surface area contributed by atoms with Crippen LogP contribution in [0.15, 0.2) is 34.2 Å². The molecule has 23 heavy (non-hydrogen) atoms. The van der Waals surface area contributed by atoms with E-state index in [1.54, 1.807) is 11.5 Å². The van der Waals surface area contributed by atoms with Crippen LogP contribution in [0, 0.1) is 19.7 Å². The molecule has 1 aromatic carbocycles. The minimum absolute atomic E-state index is 0.0860. The van der Waals surface area contributed by atoms with Crippen molar-refractivity contribution in [2.75, 3.05) is 11.1 Å². The van der Waals surface area contributed by atoms with E-state index in [4.69, 9.17) is 0 Å². The van der Waals surface area contributed by atoms with Crippen LogP contribution in [-0.4, -0.2) is 21.2 Å². The van der Waals surface area contributed by atoms with Crippen LogP contribution in [0.25, 0.3) is 0 Å². The highest BCUT2D eigenvalue weighted by atomic mass is 32.2. The van der Waals surface area contributed by atoms with Gasteiger partial charge < -0.3 is 5.32 Å². The molecule has 0 aliphatic carbocycles. The van der Waals surface area contributed by atoms with E-state index in [2.05, 4.69) is 10.3 Å². The highest BCUT2D eigenvalue weighted by Crippen LogP contribution is 2.32. The van der Waals surface area contributed by atoms with E-state index < -0.39 is 0 Å². The van der Waals surface area contributed by atoms with Gasteiger partial charge in [0.15, 0.2) is 5.16 Å². The third-order valence-electron chi connectivity index (χ3n) is 3.87. The Bertz CT molecular complexity index is 817. The third-order valence-corrected chi connectivity index (χ3v) is 4.97. The summed E-state index contributed by atoms with van der Waals surface area (Å²) in [7, 11) is 0. The lowest BCUT2D eigenvalue weighted by molar-refractivity contribution is -0.116. The molecule has 7 heteroatoms. The summed E-state index contributed by atoms with van der Waals surface area (Å²) in [5, 5.41) is 3.39. The van der Waals surface area contributed by atoms with E-state index in [0.29, 0.717) is 22.2 Å². The standard InChI is InChI=1S/C16H16FN3O2S/c1-9-10(2)18-16-20(15(9)22)13(8-23-16)7-14(21)19-12-5-3-11(17)4-6-12/h3-6,13H,7-8H2,1-2H3,(H,19,21). The quantitative estimate of drug-likeness (QED) is 0.877. The number of hydrogen-bond donors (Lipinski definition) is 1. The maximum Gasteiger partial charge on any atom is 0.257 e. The van der Waals surface area contributed by atoms with Crippen LogP contribution in [0.5, 0.6) is 0 Å². The fraction of sp³-hybridized carbons (Fsp3) is 0.312. The second-order valence-electron chi connectivity index (χ2n) is 5.50. The van der Waals surface area contributed by atoms with Gasteiger partial charge in [0.25, 0.3) is 5.56 Å². The molecule has 1 N–H and O–H groups in total. The van der Waals surface area contributed by atoms with Crippen molar-refractivity contribution in [2.45, 2.75) is 31.5 Å². The van der Waals surface area contributed by atoms with E-state index in [1.165, 1.54) is 36.0 Å². The van der Waals surface area contributed by atoms with Crippen molar-refractivity contribution in [3.63, 3.8) is 0 Å². The number of fused-ring (bicyclic) bond motifs is 1. The maximum atomic E-state index is 12.9. The minimum Gasteiger partial charge on any atom is -0.326 e. The lowest BCUT2D eigenvalue weighted by Crippen LogP contribution is -2.29. The SMILES string of the molecule is Cc1nc2n(c(=O)c1C)C(CC(=O)Nc1ccc(F)cc1)CS2. The van der Waals surface area contributed by atoms with Crippen molar-refractivity contribution >= 4 is 23.4 Å². The molecule has 1 unspecified atom stereocenters. The maximum absolute atomic E-state index is 12.9. The Morgan fingerprint density at radius 3 is 2.78 bits per heavy atom. The normalized spacial score (nSPS) is 16.2.